The van der Waals surface area contributed by atoms with Gasteiger partial charge in [0.25, 0.3) is 0 Å². The number of benzene rings is 1. The molecule has 1 saturated carbocycles. The van der Waals surface area contributed by atoms with E-state index in [1.807, 2.05) is 0 Å². The molecular formula is C23H27FN6O4. The zero-order valence-corrected chi connectivity index (χ0v) is 18.9. The van der Waals surface area contributed by atoms with Crippen LogP contribution in [0.1, 0.15) is 43.0 Å². The highest BCUT2D eigenvalue weighted by molar-refractivity contribution is 5.88. The smallest absolute Gasteiger partial charge is 0.247 e. The summed E-state index contributed by atoms with van der Waals surface area (Å²) in [5.74, 6) is 0.00791. The number of tetrazole rings is 1. The van der Waals surface area contributed by atoms with Gasteiger partial charge in [0.1, 0.15) is 24.2 Å². The Hall–Kier alpha value is -3.60. The van der Waals surface area contributed by atoms with Gasteiger partial charge in [-0.05, 0) is 54.8 Å². The molecule has 2 aromatic heterocycles. The van der Waals surface area contributed by atoms with Crippen LogP contribution >= 0.6 is 0 Å². The van der Waals surface area contributed by atoms with E-state index in [0.29, 0.717) is 17.1 Å². The van der Waals surface area contributed by atoms with E-state index in [4.69, 9.17) is 4.42 Å². The molecule has 1 atom stereocenters. The molecule has 3 aromatic rings. The molecule has 0 bridgehead atoms. The Kier molecular flexibility index (Phi) is 7.31. The second kappa shape index (κ2) is 10.6. The number of furan rings is 1. The fourth-order valence-electron chi connectivity index (χ4n) is 4.15. The van der Waals surface area contributed by atoms with E-state index in [1.54, 1.807) is 19.1 Å². The van der Waals surface area contributed by atoms with Crippen molar-refractivity contribution in [3.05, 3.63) is 53.5 Å². The predicted molar refractivity (Wildman–Crippen MR) is 119 cm³/mol. The van der Waals surface area contributed by atoms with Crippen molar-refractivity contribution in [1.82, 2.24) is 30.4 Å². The van der Waals surface area contributed by atoms with Crippen molar-refractivity contribution in [3.63, 3.8) is 0 Å². The summed E-state index contributed by atoms with van der Waals surface area (Å²) in [7, 11) is 0. The van der Waals surface area contributed by atoms with Gasteiger partial charge in [-0.25, -0.2) is 4.39 Å². The Bertz CT molecular complexity index is 1120. The third kappa shape index (κ3) is 5.48. The SMILES string of the molecule is Cc1ccc(-c2nnn(CC(=O)N(CCO)[C@H](C(=O)NC3CCCC3)c3ccc(F)cc3)n2)o1. The first-order valence-electron chi connectivity index (χ1n) is 11.3. The van der Waals surface area contributed by atoms with Crippen molar-refractivity contribution in [2.75, 3.05) is 13.2 Å². The number of aliphatic hydroxyl groups is 1. The fraction of sp³-hybridized carbons (Fsp3) is 0.435. The fourth-order valence-corrected chi connectivity index (χ4v) is 4.15. The van der Waals surface area contributed by atoms with Gasteiger partial charge in [-0.15, -0.1) is 10.2 Å². The van der Waals surface area contributed by atoms with E-state index < -0.39 is 17.8 Å². The number of halogens is 1. The Morgan fingerprint density at radius 2 is 1.97 bits per heavy atom. The summed E-state index contributed by atoms with van der Waals surface area (Å²) in [6.45, 7) is 1.03. The highest BCUT2D eigenvalue weighted by Gasteiger charge is 2.33. The van der Waals surface area contributed by atoms with E-state index in [1.165, 1.54) is 29.2 Å². The van der Waals surface area contributed by atoms with Crippen LogP contribution in [0.4, 0.5) is 4.39 Å². The van der Waals surface area contributed by atoms with E-state index in [0.717, 1.165) is 30.5 Å². The van der Waals surface area contributed by atoms with Gasteiger partial charge in [-0.3, -0.25) is 9.59 Å². The molecular weight excluding hydrogens is 443 g/mol. The number of amides is 2. The molecule has 2 amide bonds. The lowest BCUT2D eigenvalue weighted by atomic mass is 10.0. The molecule has 34 heavy (non-hydrogen) atoms. The first-order valence-corrected chi connectivity index (χ1v) is 11.3. The van der Waals surface area contributed by atoms with E-state index >= 15 is 0 Å². The number of aliphatic hydroxyl groups excluding tert-OH is 1. The second-order valence-corrected chi connectivity index (χ2v) is 8.31. The molecule has 2 heterocycles. The monoisotopic (exact) mass is 470 g/mol. The number of hydrogen-bond acceptors (Lipinski definition) is 7. The molecule has 11 heteroatoms. The average molecular weight is 471 g/mol. The maximum absolute atomic E-state index is 13.6. The number of aromatic nitrogens is 4. The van der Waals surface area contributed by atoms with Crippen LogP contribution in [0.3, 0.4) is 0 Å². The van der Waals surface area contributed by atoms with Crippen molar-refractivity contribution < 1.29 is 23.5 Å². The molecule has 0 unspecified atom stereocenters. The van der Waals surface area contributed by atoms with Crippen LogP contribution in [0.5, 0.6) is 0 Å². The Labute approximate surface area is 195 Å². The van der Waals surface area contributed by atoms with Crippen LogP contribution in [0.25, 0.3) is 11.6 Å². The third-order valence-corrected chi connectivity index (χ3v) is 5.80. The van der Waals surface area contributed by atoms with Gasteiger partial charge < -0.3 is 19.7 Å². The van der Waals surface area contributed by atoms with Crippen LogP contribution in [-0.4, -0.2) is 61.2 Å². The summed E-state index contributed by atoms with van der Waals surface area (Å²) in [5, 5.41) is 24.7. The normalized spacial score (nSPS) is 14.8. The van der Waals surface area contributed by atoms with Gasteiger partial charge in [-0.2, -0.15) is 4.80 Å². The topological polar surface area (TPSA) is 126 Å². The Morgan fingerprint density at radius 3 is 2.62 bits per heavy atom. The minimum Gasteiger partial charge on any atom is -0.458 e. The third-order valence-electron chi connectivity index (χ3n) is 5.80. The van der Waals surface area contributed by atoms with Crippen molar-refractivity contribution in [2.24, 2.45) is 0 Å². The first kappa shape index (κ1) is 23.6. The number of rotatable bonds is 9. The molecule has 180 valence electrons. The van der Waals surface area contributed by atoms with Gasteiger partial charge in [0.05, 0.1) is 6.61 Å². The summed E-state index contributed by atoms with van der Waals surface area (Å²) >= 11 is 0. The largest absolute Gasteiger partial charge is 0.458 e. The van der Waals surface area contributed by atoms with Crippen LogP contribution in [0.2, 0.25) is 0 Å². The van der Waals surface area contributed by atoms with E-state index in [-0.39, 0.29) is 37.5 Å². The van der Waals surface area contributed by atoms with Gasteiger partial charge in [0, 0.05) is 12.6 Å². The number of carbonyl (C=O) groups excluding carboxylic acids is 2. The summed E-state index contributed by atoms with van der Waals surface area (Å²) in [6.07, 6.45) is 3.79. The predicted octanol–water partition coefficient (Wildman–Crippen LogP) is 2.00. The van der Waals surface area contributed by atoms with Gasteiger partial charge in [0.15, 0.2) is 5.76 Å². The summed E-state index contributed by atoms with van der Waals surface area (Å²) < 4.78 is 19.0. The lowest BCUT2D eigenvalue weighted by Crippen LogP contribution is -2.48. The highest BCUT2D eigenvalue weighted by atomic mass is 19.1. The molecule has 4 rings (SSSR count). The molecule has 1 fully saturated rings. The molecule has 0 radical (unpaired) electrons. The number of nitrogens with one attached hydrogen (secondary N) is 1. The van der Waals surface area contributed by atoms with Crippen molar-refractivity contribution >= 4 is 11.8 Å². The lowest BCUT2D eigenvalue weighted by molar-refractivity contribution is -0.142. The average Bonchev–Trinajstić information content (AvgIpc) is 3.57. The number of hydrogen-bond donors (Lipinski definition) is 2. The molecule has 0 saturated heterocycles. The standard InChI is InChI=1S/C23H27FN6O4/c1-15-6-11-19(34-15)22-26-28-30(27-22)14-20(32)29(12-13-31)21(16-7-9-17(24)10-8-16)23(33)25-18-4-2-3-5-18/h6-11,18,21,31H,2-5,12-14H2,1H3,(H,25,33)/t21-/m0/s1. The molecule has 1 aliphatic carbocycles. The van der Waals surface area contributed by atoms with Crippen LogP contribution in [-0.2, 0) is 16.1 Å². The Balaban J connectivity index is 1.57. The number of nitrogens with zero attached hydrogens (tertiary/aromatic N) is 5. The van der Waals surface area contributed by atoms with Gasteiger partial charge in [0.2, 0.25) is 17.6 Å². The van der Waals surface area contributed by atoms with Crippen molar-refractivity contribution in [1.29, 1.82) is 0 Å². The van der Waals surface area contributed by atoms with Crippen LogP contribution < -0.4 is 5.32 Å². The summed E-state index contributed by atoms with van der Waals surface area (Å²) in [6, 6.07) is 7.87. The van der Waals surface area contributed by atoms with Crippen LogP contribution in [0.15, 0.2) is 40.8 Å². The Morgan fingerprint density at radius 1 is 1.24 bits per heavy atom. The molecule has 1 aromatic carbocycles. The lowest BCUT2D eigenvalue weighted by Gasteiger charge is -2.31. The quantitative estimate of drug-likeness (QED) is 0.490. The second-order valence-electron chi connectivity index (χ2n) is 8.31. The van der Waals surface area contributed by atoms with Crippen molar-refractivity contribution in [3.8, 4) is 11.6 Å². The van der Waals surface area contributed by atoms with Gasteiger partial charge in [-0.1, -0.05) is 25.0 Å². The van der Waals surface area contributed by atoms with E-state index in [2.05, 4.69) is 20.7 Å². The number of aryl methyl sites for hydroxylation is 1. The summed E-state index contributed by atoms with van der Waals surface area (Å²) in [5.41, 5.74) is 0.442. The minimum absolute atomic E-state index is 0.0258. The summed E-state index contributed by atoms with van der Waals surface area (Å²) in [4.78, 5) is 29.0. The first-order chi connectivity index (χ1) is 16.4. The maximum atomic E-state index is 13.6. The zero-order chi connectivity index (χ0) is 24.1. The molecule has 10 nitrogen and oxygen atoms in total. The van der Waals surface area contributed by atoms with Crippen LogP contribution in [0, 0.1) is 12.7 Å². The molecule has 1 aliphatic rings. The van der Waals surface area contributed by atoms with Gasteiger partial charge >= 0.3 is 0 Å². The maximum Gasteiger partial charge on any atom is 0.247 e. The van der Waals surface area contributed by atoms with Crippen molar-refractivity contribution in [2.45, 2.75) is 51.2 Å². The minimum atomic E-state index is -1.04. The molecule has 2 N–H and O–H groups in total. The zero-order valence-electron chi connectivity index (χ0n) is 18.9. The highest BCUT2D eigenvalue weighted by Crippen LogP contribution is 2.25. The molecule has 0 spiro atoms. The van der Waals surface area contributed by atoms with E-state index in [9.17, 15) is 19.1 Å². The number of carbonyl (C=O) groups is 2. The molecule has 0 aliphatic heterocycles.